The average Bonchev–Trinajstić information content (AvgIpc) is 2.47. The second kappa shape index (κ2) is 2.64. The summed E-state index contributed by atoms with van der Waals surface area (Å²) in [6, 6.07) is 5.12. The van der Waals surface area contributed by atoms with Crippen LogP contribution in [0.2, 0.25) is 0 Å². The van der Waals surface area contributed by atoms with E-state index < -0.39 is 0 Å². The lowest BCUT2D eigenvalue weighted by molar-refractivity contribution is 0.476. The third-order valence-electron chi connectivity index (χ3n) is 1.81. The summed E-state index contributed by atoms with van der Waals surface area (Å²) >= 11 is 1.40. The van der Waals surface area contributed by atoms with Crippen molar-refractivity contribution in [1.29, 1.82) is 5.26 Å². The van der Waals surface area contributed by atoms with Crippen molar-refractivity contribution in [3.63, 3.8) is 0 Å². The summed E-state index contributed by atoms with van der Waals surface area (Å²) in [5.74, 6) is 0.135. The van der Waals surface area contributed by atoms with E-state index in [1.165, 1.54) is 17.4 Å². The number of aromatic hydroxyl groups is 1. The molecule has 0 aliphatic carbocycles. The van der Waals surface area contributed by atoms with Crippen LogP contribution in [0.25, 0.3) is 10.1 Å². The van der Waals surface area contributed by atoms with Gasteiger partial charge in [0, 0.05) is 27.2 Å². The van der Waals surface area contributed by atoms with Gasteiger partial charge in [0.2, 0.25) is 0 Å². The predicted molar refractivity (Wildman–Crippen MR) is 52.6 cm³/mol. The number of anilines is 1. The molecule has 0 spiro atoms. The highest BCUT2D eigenvalue weighted by Crippen LogP contribution is 2.33. The number of nitrogens with zero attached hydrogens (tertiary/aromatic N) is 1. The highest BCUT2D eigenvalue weighted by Gasteiger charge is 2.07. The lowest BCUT2D eigenvalue weighted by Crippen LogP contribution is -1.85. The lowest BCUT2D eigenvalue weighted by atomic mass is 10.1. The van der Waals surface area contributed by atoms with E-state index >= 15 is 0 Å². The van der Waals surface area contributed by atoms with Crippen LogP contribution >= 0.6 is 11.3 Å². The van der Waals surface area contributed by atoms with Crippen molar-refractivity contribution in [2.24, 2.45) is 0 Å². The molecule has 4 heteroatoms. The first-order chi connectivity index (χ1) is 6.22. The summed E-state index contributed by atoms with van der Waals surface area (Å²) in [5.41, 5.74) is 6.69. The van der Waals surface area contributed by atoms with Gasteiger partial charge in [0.1, 0.15) is 11.8 Å². The van der Waals surface area contributed by atoms with Gasteiger partial charge in [0.15, 0.2) is 0 Å². The normalized spacial score (nSPS) is 10.1. The number of nitriles is 1. The molecule has 3 nitrogen and oxygen atoms in total. The maximum atomic E-state index is 9.24. The fraction of sp³-hybridized carbons (Fsp3) is 0. The second-order valence-corrected chi connectivity index (χ2v) is 3.58. The van der Waals surface area contributed by atoms with E-state index in [4.69, 9.17) is 11.0 Å². The van der Waals surface area contributed by atoms with E-state index in [9.17, 15) is 5.11 Å². The molecule has 0 fully saturated rings. The Hall–Kier alpha value is -1.73. The maximum Gasteiger partial charge on any atom is 0.119 e. The van der Waals surface area contributed by atoms with Gasteiger partial charge < -0.3 is 10.8 Å². The number of hydrogen-bond acceptors (Lipinski definition) is 4. The molecule has 1 aromatic carbocycles. The minimum absolute atomic E-state index is 0.135. The Morgan fingerprint density at radius 3 is 2.92 bits per heavy atom. The Labute approximate surface area is 78.6 Å². The van der Waals surface area contributed by atoms with E-state index in [1.54, 1.807) is 11.4 Å². The Bertz CT molecular complexity index is 510. The van der Waals surface area contributed by atoms with Gasteiger partial charge in [-0.15, -0.1) is 11.3 Å². The van der Waals surface area contributed by atoms with Crippen LogP contribution in [-0.4, -0.2) is 5.11 Å². The van der Waals surface area contributed by atoms with Crippen LogP contribution in [0.4, 0.5) is 5.69 Å². The summed E-state index contributed by atoms with van der Waals surface area (Å²) in [6.45, 7) is 0. The Balaban J connectivity index is 2.92. The molecule has 0 bridgehead atoms. The molecule has 0 radical (unpaired) electrons. The topological polar surface area (TPSA) is 70.0 Å². The number of phenolic OH excluding ortho intramolecular Hbond substituents is 1. The summed E-state index contributed by atoms with van der Waals surface area (Å²) in [6.07, 6.45) is 0. The van der Waals surface area contributed by atoms with E-state index in [2.05, 4.69) is 6.07 Å². The summed E-state index contributed by atoms with van der Waals surface area (Å²) < 4.78 is 0.842. The molecule has 0 saturated carbocycles. The van der Waals surface area contributed by atoms with Crippen LogP contribution in [0.5, 0.6) is 5.75 Å². The van der Waals surface area contributed by atoms with Gasteiger partial charge in [-0.25, -0.2) is 0 Å². The van der Waals surface area contributed by atoms with Crippen molar-refractivity contribution in [3.8, 4) is 11.8 Å². The molecule has 13 heavy (non-hydrogen) atoms. The number of nitrogens with two attached hydrogens (primary N) is 1. The first-order valence-corrected chi connectivity index (χ1v) is 4.50. The van der Waals surface area contributed by atoms with Crippen LogP contribution < -0.4 is 5.73 Å². The van der Waals surface area contributed by atoms with Crippen LogP contribution in [0.15, 0.2) is 17.5 Å². The van der Waals surface area contributed by atoms with Crippen LogP contribution in [0, 0.1) is 11.3 Å². The van der Waals surface area contributed by atoms with Crippen molar-refractivity contribution < 1.29 is 5.11 Å². The summed E-state index contributed by atoms with van der Waals surface area (Å²) in [4.78, 5) is 0. The largest absolute Gasteiger partial charge is 0.508 e. The molecule has 1 heterocycles. The van der Waals surface area contributed by atoms with E-state index in [1.807, 2.05) is 0 Å². The second-order valence-electron chi connectivity index (χ2n) is 2.67. The Morgan fingerprint density at radius 2 is 2.23 bits per heavy atom. The zero-order valence-corrected chi connectivity index (χ0v) is 7.43. The number of rotatable bonds is 0. The van der Waals surface area contributed by atoms with Crippen molar-refractivity contribution in [2.45, 2.75) is 0 Å². The fourth-order valence-corrected chi connectivity index (χ4v) is 2.22. The quantitative estimate of drug-likeness (QED) is 0.624. The molecule has 0 aliphatic rings. The molecular formula is C9H6N2OS. The van der Waals surface area contributed by atoms with Gasteiger partial charge >= 0.3 is 0 Å². The van der Waals surface area contributed by atoms with E-state index in [0.29, 0.717) is 11.3 Å². The van der Waals surface area contributed by atoms with Gasteiger partial charge in [-0.05, 0) is 6.07 Å². The molecule has 0 atom stereocenters. The highest BCUT2D eigenvalue weighted by atomic mass is 32.1. The average molecular weight is 190 g/mol. The Kier molecular flexibility index (Phi) is 1.61. The van der Waals surface area contributed by atoms with Crippen molar-refractivity contribution in [1.82, 2.24) is 0 Å². The van der Waals surface area contributed by atoms with Gasteiger partial charge in [-0.2, -0.15) is 5.26 Å². The zero-order valence-electron chi connectivity index (χ0n) is 6.61. The summed E-state index contributed by atoms with van der Waals surface area (Å²) in [5, 5.41) is 20.5. The molecule has 2 rings (SSSR count). The third-order valence-corrected chi connectivity index (χ3v) is 2.74. The first-order valence-electron chi connectivity index (χ1n) is 3.62. The number of phenols is 1. The number of fused-ring (bicyclic) bond motifs is 1. The van der Waals surface area contributed by atoms with Crippen LogP contribution in [-0.2, 0) is 0 Å². The van der Waals surface area contributed by atoms with Crippen LogP contribution in [0.3, 0.4) is 0 Å². The molecule has 0 amide bonds. The standard InChI is InChI=1S/C9H6N2OS/c10-3-5-4-13-8-2-6(12)1-7(11)9(5)8/h1-2,4,12H,11H2. The molecule has 0 aliphatic heterocycles. The zero-order chi connectivity index (χ0) is 9.42. The smallest absolute Gasteiger partial charge is 0.119 e. The number of thiophene rings is 1. The SMILES string of the molecule is N#Cc1csc2cc(O)cc(N)c12. The molecule has 0 unspecified atom stereocenters. The van der Waals surface area contributed by atoms with E-state index in [-0.39, 0.29) is 5.75 Å². The number of hydrogen-bond donors (Lipinski definition) is 2. The summed E-state index contributed by atoms with van der Waals surface area (Å²) in [7, 11) is 0. The molecule has 0 saturated heterocycles. The fourth-order valence-electron chi connectivity index (χ4n) is 1.27. The first kappa shape index (κ1) is 7.90. The third kappa shape index (κ3) is 1.10. The molecule has 1 aromatic heterocycles. The van der Waals surface area contributed by atoms with Crippen LogP contribution in [0.1, 0.15) is 5.56 Å². The predicted octanol–water partition coefficient (Wildman–Crippen LogP) is 2.06. The number of benzene rings is 1. The highest BCUT2D eigenvalue weighted by molar-refractivity contribution is 7.17. The van der Waals surface area contributed by atoms with Gasteiger partial charge in [-0.3, -0.25) is 0 Å². The van der Waals surface area contributed by atoms with Crippen molar-refractivity contribution in [3.05, 3.63) is 23.1 Å². The van der Waals surface area contributed by atoms with Gasteiger partial charge in [0.05, 0.1) is 5.56 Å². The van der Waals surface area contributed by atoms with Crippen molar-refractivity contribution >= 4 is 27.1 Å². The molecule has 64 valence electrons. The molecule has 3 N–H and O–H groups in total. The minimum atomic E-state index is 0.135. The minimum Gasteiger partial charge on any atom is -0.508 e. The maximum absolute atomic E-state index is 9.24. The molecule has 2 aromatic rings. The van der Waals surface area contributed by atoms with Crippen molar-refractivity contribution in [2.75, 3.05) is 5.73 Å². The molecular weight excluding hydrogens is 184 g/mol. The Morgan fingerprint density at radius 1 is 1.46 bits per heavy atom. The monoisotopic (exact) mass is 190 g/mol. The van der Waals surface area contributed by atoms with E-state index in [0.717, 1.165) is 10.1 Å². The lowest BCUT2D eigenvalue weighted by Gasteiger charge is -1.97. The van der Waals surface area contributed by atoms with Gasteiger partial charge in [0.25, 0.3) is 0 Å². The number of nitrogen functional groups attached to an aromatic ring is 1. The van der Waals surface area contributed by atoms with Gasteiger partial charge in [-0.1, -0.05) is 0 Å².